The Morgan fingerprint density at radius 1 is 0.478 bits per heavy atom. The number of ether oxygens (including phenoxy) is 2. The first kappa shape index (κ1) is 39.5. The van der Waals surface area contributed by atoms with Gasteiger partial charge in [-0.3, -0.25) is 9.59 Å². The Bertz CT molecular complexity index is 968. The van der Waals surface area contributed by atoms with Crippen molar-refractivity contribution >= 4 is 11.9 Å². The topological polar surface area (TPSA) is 59.1 Å². The number of hydrogen-bond acceptors (Lipinski definition) is 6. The number of unbranched alkanes of at least 4 members (excludes halogenated alkanes) is 10. The molecule has 0 amide bonds. The molecule has 0 aliphatic carbocycles. The van der Waals surface area contributed by atoms with Crippen LogP contribution in [-0.2, 0) is 32.3 Å². The second kappa shape index (κ2) is 25.4. The molecule has 2 aromatic carbocycles. The van der Waals surface area contributed by atoms with E-state index in [9.17, 15) is 9.59 Å². The van der Waals surface area contributed by atoms with E-state index in [4.69, 9.17) is 9.47 Å². The third-order valence-electron chi connectivity index (χ3n) is 8.67. The molecule has 0 N–H and O–H groups in total. The summed E-state index contributed by atoms with van der Waals surface area (Å²) in [5.41, 5.74) is 4.15. The zero-order valence-electron chi connectivity index (χ0n) is 29.7. The zero-order chi connectivity index (χ0) is 33.2. The van der Waals surface area contributed by atoms with Crippen LogP contribution in [0.25, 0.3) is 11.1 Å². The van der Waals surface area contributed by atoms with Crippen molar-refractivity contribution < 1.29 is 19.1 Å². The molecular formula is C40H64N2O4. The maximum absolute atomic E-state index is 12.2. The van der Waals surface area contributed by atoms with E-state index in [0.717, 1.165) is 61.3 Å². The van der Waals surface area contributed by atoms with Gasteiger partial charge >= 0.3 is 11.9 Å². The molecule has 0 atom stereocenters. The van der Waals surface area contributed by atoms with Crippen molar-refractivity contribution in [2.24, 2.45) is 0 Å². The van der Waals surface area contributed by atoms with E-state index in [2.05, 4.69) is 62.0 Å². The molecule has 0 saturated heterocycles. The summed E-state index contributed by atoms with van der Waals surface area (Å²) in [6, 6.07) is 16.3. The molecule has 0 radical (unpaired) electrons. The van der Waals surface area contributed by atoms with Crippen molar-refractivity contribution in [3.8, 4) is 11.1 Å². The van der Waals surface area contributed by atoms with Crippen LogP contribution in [0.4, 0.5) is 0 Å². The molecule has 0 aliphatic rings. The number of hydrogen-bond donors (Lipinski definition) is 0. The number of rotatable bonds is 27. The predicted octanol–water partition coefficient (Wildman–Crippen LogP) is 9.59. The third-order valence-corrected chi connectivity index (χ3v) is 8.67. The minimum atomic E-state index is -0.135. The summed E-state index contributed by atoms with van der Waals surface area (Å²) in [6.45, 7) is 9.14. The first-order valence-corrected chi connectivity index (χ1v) is 18.3. The summed E-state index contributed by atoms with van der Waals surface area (Å²) in [7, 11) is 4.28. The van der Waals surface area contributed by atoms with E-state index < -0.39 is 0 Å². The van der Waals surface area contributed by atoms with Gasteiger partial charge in [0.25, 0.3) is 0 Å². The van der Waals surface area contributed by atoms with Gasteiger partial charge in [-0.25, -0.2) is 0 Å². The zero-order valence-corrected chi connectivity index (χ0v) is 29.7. The maximum atomic E-state index is 12.2. The van der Waals surface area contributed by atoms with E-state index in [1.165, 1.54) is 77.0 Å². The lowest BCUT2D eigenvalue weighted by Crippen LogP contribution is -2.21. The first-order valence-electron chi connectivity index (χ1n) is 18.3. The molecule has 46 heavy (non-hydrogen) atoms. The highest BCUT2D eigenvalue weighted by Gasteiger charge is 2.08. The molecule has 6 nitrogen and oxygen atoms in total. The van der Waals surface area contributed by atoms with Gasteiger partial charge in [-0.05, 0) is 88.2 Å². The van der Waals surface area contributed by atoms with Crippen molar-refractivity contribution in [2.75, 3.05) is 40.3 Å². The number of nitrogens with zero attached hydrogens (tertiary/aromatic N) is 2. The van der Waals surface area contributed by atoms with Crippen molar-refractivity contribution in [3.05, 3.63) is 59.7 Å². The Hall–Kier alpha value is -2.70. The number of esters is 2. The van der Waals surface area contributed by atoms with Crippen LogP contribution in [0.2, 0.25) is 0 Å². The fourth-order valence-electron chi connectivity index (χ4n) is 5.59. The smallest absolute Gasteiger partial charge is 0.306 e. The standard InChI is InChI=1S/C40H64N2O4/c1-5-7-9-11-13-15-29-41(3)31-17-19-39(43)45-33-35-21-25-37(26-22-35)38-27-23-36(24-28-38)34-46-40(44)20-18-32-42(4)30-16-14-12-10-8-6-2/h21-28H,5-20,29-34H2,1-4H3. The van der Waals surface area contributed by atoms with Crippen LogP contribution < -0.4 is 0 Å². The van der Waals surface area contributed by atoms with Crippen molar-refractivity contribution in [2.45, 2.75) is 130 Å². The van der Waals surface area contributed by atoms with Crippen LogP contribution >= 0.6 is 0 Å². The molecule has 2 rings (SSSR count). The van der Waals surface area contributed by atoms with E-state index >= 15 is 0 Å². The molecule has 0 saturated carbocycles. The third kappa shape index (κ3) is 19.1. The van der Waals surface area contributed by atoms with Gasteiger partial charge in [0.15, 0.2) is 0 Å². The molecule has 0 bridgehead atoms. The number of carbonyl (C=O) groups excluding carboxylic acids is 2. The molecule has 0 unspecified atom stereocenters. The van der Waals surface area contributed by atoms with Crippen LogP contribution in [0.15, 0.2) is 48.5 Å². The van der Waals surface area contributed by atoms with Gasteiger partial charge in [-0.1, -0.05) is 127 Å². The molecule has 6 heteroatoms. The Labute approximate surface area is 281 Å². The lowest BCUT2D eigenvalue weighted by Gasteiger charge is -2.16. The van der Waals surface area contributed by atoms with Crippen LogP contribution in [0.3, 0.4) is 0 Å². The largest absolute Gasteiger partial charge is 0.461 e. The molecule has 0 heterocycles. The summed E-state index contributed by atoms with van der Waals surface area (Å²) in [6.07, 6.45) is 18.3. The van der Waals surface area contributed by atoms with Crippen LogP contribution in [0.1, 0.15) is 128 Å². The van der Waals surface area contributed by atoms with Crippen LogP contribution in [0.5, 0.6) is 0 Å². The van der Waals surface area contributed by atoms with Gasteiger partial charge in [0.2, 0.25) is 0 Å². The minimum Gasteiger partial charge on any atom is -0.461 e. The Balaban J connectivity index is 1.58. The van der Waals surface area contributed by atoms with Gasteiger partial charge in [0.05, 0.1) is 0 Å². The lowest BCUT2D eigenvalue weighted by molar-refractivity contribution is -0.146. The predicted molar refractivity (Wildman–Crippen MR) is 192 cm³/mol. The highest BCUT2D eigenvalue weighted by molar-refractivity contribution is 5.70. The van der Waals surface area contributed by atoms with Gasteiger partial charge in [-0.2, -0.15) is 0 Å². The minimum absolute atomic E-state index is 0.135. The molecule has 2 aromatic rings. The second-order valence-corrected chi connectivity index (χ2v) is 13.1. The Morgan fingerprint density at radius 2 is 0.804 bits per heavy atom. The Morgan fingerprint density at radius 3 is 1.17 bits per heavy atom. The summed E-state index contributed by atoms with van der Waals surface area (Å²) in [5.74, 6) is -0.270. The summed E-state index contributed by atoms with van der Waals surface area (Å²) >= 11 is 0. The normalized spacial score (nSPS) is 11.3. The monoisotopic (exact) mass is 636 g/mol. The summed E-state index contributed by atoms with van der Waals surface area (Å²) in [5, 5.41) is 0. The highest BCUT2D eigenvalue weighted by Crippen LogP contribution is 2.21. The number of carbonyl (C=O) groups is 2. The molecular weight excluding hydrogens is 572 g/mol. The van der Waals surface area contributed by atoms with Crippen LogP contribution in [0, 0.1) is 0 Å². The maximum Gasteiger partial charge on any atom is 0.306 e. The Kier molecular flexibility index (Phi) is 21.8. The van der Waals surface area contributed by atoms with Crippen molar-refractivity contribution in [1.82, 2.24) is 9.80 Å². The summed E-state index contributed by atoms with van der Waals surface area (Å²) < 4.78 is 11.0. The van der Waals surface area contributed by atoms with Gasteiger partial charge in [0.1, 0.15) is 13.2 Å². The molecule has 0 aromatic heterocycles. The molecule has 0 aliphatic heterocycles. The first-order chi connectivity index (χ1) is 22.4. The average Bonchev–Trinajstić information content (AvgIpc) is 3.06. The second-order valence-electron chi connectivity index (χ2n) is 13.1. The quantitative estimate of drug-likeness (QED) is 0.0719. The van der Waals surface area contributed by atoms with Gasteiger partial charge in [0, 0.05) is 12.8 Å². The fraction of sp³-hybridized carbons (Fsp3) is 0.650. The number of benzene rings is 2. The van der Waals surface area contributed by atoms with Crippen molar-refractivity contribution in [3.63, 3.8) is 0 Å². The van der Waals surface area contributed by atoms with E-state index in [1.54, 1.807) is 0 Å². The molecule has 0 fully saturated rings. The SMILES string of the molecule is CCCCCCCCN(C)CCCC(=O)OCc1ccc(-c2ccc(COC(=O)CCCN(C)CCCCCCCC)cc2)cc1. The van der Waals surface area contributed by atoms with Crippen molar-refractivity contribution in [1.29, 1.82) is 0 Å². The average molecular weight is 637 g/mol. The van der Waals surface area contributed by atoms with E-state index in [1.807, 2.05) is 24.3 Å². The highest BCUT2D eigenvalue weighted by atomic mass is 16.5. The fourth-order valence-corrected chi connectivity index (χ4v) is 5.59. The summed E-state index contributed by atoms with van der Waals surface area (Å²) in [4.78, 5) is 29.1. The van der Waals surface area contributed by atoms with Gasteiger partial charge in [-0.15, -0.1) is 0 Å². The molecule has 0 spiro atoms. The van der Waals surface area contributed by atoms with Crippen LogP contribution in [-0.4, -0.2) is 62.0 Å². The van der Waals surface area contributed by atoms with E-state index in [-0.39, 0.29) is 11.9 Å². The molecule has 258 valence electrons. The lowest BCUT2D eigenvalue weighted by atomic mass is 10.0. The van der Waals surface area contributed by atoms with E-state index in [0.29, 0.717) is 26.1 Å². The van der Waals surface area contributed by atoms with Gasteiger partial charge < -0.3 is 19.3 Å².